The molecule has 25 heavy (non-hydrogen) atoms. The molecule has 7 heteroatoms. The lowest BCUT2D eigenvalue weighted by molar-refractivity contribution is -0.384. The molecule has 1 saturated heterocycles. The zero-order chi connectivity index (χ0) is 17.4. The standard InChI is InChI=1S/C18H19N3O3S/c22-18(12-19-8-1-3-16(19)17-4-2-10-25-17)20-9-7-13-11-14(21(23)24)5-6-15(13)20/h2,4-6,10-11,16H,1,3,7-9,12H2. The molecule has 6 nitrogen and oxygen atoms in total. The molecule has 4 rings (SSSR count). The van der Waals surface area contributed by atoms with Gasteiger partial charge in [0.2, 0.25) is 5.91 Å². The van der Waals surface area contributed by atoms with Crippen molar-refractivity contribution in [3.63, 3.8) is 0 Å². The van der Waals surface area contributed by atoms with Gasteiger partial charge < -0.3 is 4.90 Å². The summed E-state index contributed by atoms with van der Waals surface area (Å²) in [5, 5.41) is 13.0. The summed E-state index contributed by atoms with van der Waals surface area (Å²) >= 11 is 1.75. The monoisotopic (exact) mass is 357 g/mol. The number of carbonyl (C=O) groups is 1. The molecule has 0 bridgehead atoms. The van der Waals surface area contributed by atoms with Crippen molar-refractivity contribution < 1.29 is 9.72 Å². The van der Waals surface area contributed by atoms with E-state index in [1.54, 1.807) is 28.4 Å². The number of thiophene rings is 1. The lowest BCUT2D eigenvalue weighted by atomic mass is 10.1. The third-order valence-corrected chi connectivity index (χ3v) is 6.02. The third-order valence-electron chi connectivity index (χ3n) is 5.04. The van der Waals surface area contributed by atoms with E-state index in [0.717, 1.165) is 30.6 Å². The van der Waals surface area contributed by atoms with Crippen molar-refractivity contribution in [3.05, 3.63) is 56.3 Å². The van der Waals surface area contributed by atoms with Gasteiger partial charge in [-0.1, -0.05) is 6.07 Å². The van der Waals surface area contributed by atoms with Crippen molar-refractivity contribution in [2.75, 3.05) is 24.5 Å². The van der Waals surface area contributed by atoms with Crippen LogP contribution < -0.4 is 4.90 Å². The highest BCUT2D eigenvalue weighted by molar-refractivity contribution is 7.10. The summed E-state index contributed by atoms with van der Waals surface area (Å²) in [7, 11) is 0. The van der Waals surface area contributed by atoms with Crippen LogP contribution in [-0.4, -0.2) is 35.4 Å². The first-order valence-corrected chi connectivity index (χ1v) is 9.36. The number of hydrogen-bond donors (Lipinski definition) is 0. The Morgan fingerprint density at radius 2 is 2.20 bits per heavy atom. The fourth-order valence-corrected chi connectivity index (χ4v) is 4.73. The van der Waals surface area contributed by atoms with E-state index >= 15 is 0 Å². The summed E-state index contributed by atoms with van der Waals surface area (Å²) in [6.07, 6.45) is 2.88. The van der Waals surface area contributed by atoms with Crippen molar-refractivity contribution in [3.8, 4) is 0 Å². The van der Waals surface area contributed by atoms with Gasteiger partial charge >= 0.3 is 0 Å². The molecule has 1 fully saturated rings. The Morgan fingerprint density at radius 3 is 2.96 bits per heavy atom. The molecule has 1 unspecified atom stereocenters. The molecular formula is C18H19N3O3S. The van der Waals surface area contributed by atoms with Crippen LogP contribution in [0.1, 0.15) is 29.3 Å². The SMILES string of the molecule is O=C(CN1CCCC1c1cccs1)N1CCc2cc([N+](=O)[O-])ccc21. The number of amides is 1. The molecule has 1 aromatic carbocycles. The number of anilines is 1. The zero-order valence-electron chi connectivity index (χ0n) is 13.8. The number of benzene rings is 1. The van der Waals surface area contributed by atoms with Crippen molar-refractivity contribution in [1.29, 1.82) is 0 Å². The van der Waals surface area contributed by atoms with Gasteiger partial charge in [0.05, 0.1) is 11.5 Å². The number of rotatable bonds is 4. The van der Waals surface area contributed by atoms with Gasteiger partial charge in [-0.15, -0.1) is 11.3 Å². The van der Waals surface area contributed by atoms with Gasteiger partial charge in [-0.2, -0.15) is 0 Å². The maximum atomic E-state index is 12.9. The minimum Gasteiger partial charge on any atom is -0.311 e. The number of nitro groups is 1. The Labute approximate surface area is 149 Å². The number of fused-ring (bicyclic) bond motifs is 1. The van der Waals surface area contributed by atoms with Crippen LogP contribution in [0.25, 0.3) is 0 Å². The maximum Gasteiger partial charge on any atom is 0.269 e. The van der Waals surface area contributed by atoms with Crippen LogP contribution in [0, 0.1) is 10.1 Å². The van der Waals surface area contributed by atoms with Crippen LogP contribution in [0.4, 0.5) is 11.4 Å². The summed E-state index contributed by atoms with van der Waals surface area (Å²) < 4.78 is 0. The fourth-order valence-electron chi connectivity index (χ4n) is 3.84. The molecule has 2 aliphatic heterocycles. The normalized spacial score (nSPS) is 20.0. The molecule has 0 radical (unpaired) electrons. The van der Waals surface area contributed by atoms with E-state index in [1.807, 2.05) is 0 Å². The van der Waals surface area contributed by atoms with Crippen LogP contribution in [0.5, 0.6) is 0 Å². The van der Waals surface area contributed by atoms with Gasteiger partial charge in [0, 0.05) is 35.3 Å². The molecule has 0 saturated carbocycles. The first-order chi connectivity index (χ1) is 12.1. The topological polar surface area (TPSA) is 66.7 Å². The minimum absolute atomic E-state index is 0.0797. The van der Waals surface area contributed by atoms with Crippen LogP contribution in [0.3, 0.4) is 0 Å². The van der Waals surface area contributed by atoms with E-state index in [1.165, 1.54) is 10.9 Å². The summed E-state index contributed by atoms with van der Waals surface area (Å²) in [5.41, 5.74) is 1.80. The first-order valence-electron chi connectivity index (χ1n) is 8.48. The number of hydrogen-bond acceptors (Lipinski definition) is 5. The molecule has 2 aliphatic rings. The smallest absolute Gasteiger partial charge is 0.269 e. The van der Waals surface area contributed by atoms with E-state index < -0.39 is 0 Å². The number of carbonyl (C=O) groups excluding carboxylic acids is 1. The summed E-state index contributed by atoms with van der Waals surface area (Å²) in [4.78, 5) is 28.7. The molecular weight excluding hydrogens is 338 g/mol. The van der Waals surface area contributed by atoms with Crippen molar-refractivity contribution in [2.24, 2.45) is 0 Å². The van der Waals surface area contributed by atoms with Crippen LogP contribution >= 0.6 is 11.3 Å². The molecule has 0 aliphatic carbocycles. The molecule has 130 valence electrons. The number of nitro benzene ring substituents is 1. The van der Waals surface area contributed by atoms with Crippen LogP contribution in [0.15, 0.2) is 35.7 Å². The van der Waals surface area contributed by atoms with Crippen LogP contribution in [-0.2, 0) is 11.2 Å². The predicted octanol–water partition coefficient (Wildman–Crippen LogP) is 3.38. The van der Waals surface area contributed by atoms with Gasteiger partial charge in [0.15, 0.2) is 0 Å². The van der Waals surface area contributed by atoms with E-state index in [0.29, 0.717) is 25.6 Å². The molecule has 0 spiro atoms. The predicted molar refractivity (Wildman–Crippen MR) is 97.0 cm³/mol. The average molecular weight is 357 g/mol. The molecule has 3 heterocycles. The zero-order valence-corrected chi connectivity index (χ0v) is 14.6. The summed E-state index contributed by atoms with van der Waals surface area (Å²) in [6.45, 7) is 1.95. The van der Waals surface area contributed by atoms with Gasteiger partial charge in [-0.25, -0.2) is 0 Å². The Balaban J connectivity index is 1.49. The Morgan fingerprint density at radius 1 is 1.32 bits per heavy atom. The molecule has 1 aromatic heterocycles. The van der Waals surface area contributed by atoms with E-state index in [2.05, 4.69) is 22.4 Å². The second kappa shape index (κ2) is 6.57. The van der Waals surface area contributed by atoms with Gasteiger partial charge in [-0.05, 0) is 48.9 Å². The number of nitrogens with zero attached hydrogens (tertiary/aromatic N) is 3. The lowest BCUT2D eigenvalue weighted by Gasteiger charge is -2.26. The third kappa shape index (κ3) is 3.05. The lowest BCUT2D eigenvalue weighted by Crippen LogP contribution is -2.39. The van der Waals surface area contributed by atoms with Crippen LogP contribution in [0.2, 0.25) is 0 Å². The minimum atomic E-state index is -0.388. The average Bonchev–Trinajstić information content (AvgIpc) is 3.33. The first kappa shape index (κ1) is 16.2. The quantitative estimate of drug-likeness (QED) is 0.621. The maximum absolute atomic E-state index is 12.9. The summed E-state index contributed by atoms with van der Waals surface area (Å²) in [6, 6.07) is 9.31. The molecule has 2 aromatic rings. The van der Waals surface area contributed by atoms with Gasteiger partial charge in [-0.3, -0.25) is 19.8 Å². The van der Waals surface area contributed by atoms with Crippen molar-refractivity contribution >= 4 is 28.6 Å². The molecule has 0 N–H and O–H groups in total. The Kier molecular flexibility index (Phi) is 4.27. The highest BCUT2D eigenvalue weighted by Gasteiger charge is 2.32. The fraction of sp³-hybridized carbons (Fsp3) is 0.389. The second-order valence-corrected chi connectivity index (χ2v) is 7.49. The molecule has 1 amide bonds. The van der Waals surface area contributed by atoms with E-state index in [4.69, 9.17) is 0 Å². The van der Waals surface area contributed by atoms with Crippen molar-refractivity contribution in [2.45, 2.75) is 25.3 Å². The number of non-ortho nitro benzene ring substituents is 1. The second-order valence-electron chi connectivity index (χ2n) is 6.51. The highest BCUT2D eigenvalue weighted by Crippen LogP contribution is 2.35. The largest absolute Gasteiger partial charge is 0.311 e. The van der Waals surface area contributed by atoms with Gasteiger partial charge in [0.25, 0.3) is 5.69 Å². The van der Waals surface area contributed by atoms with Gasteiger partial charge in [0.1, 0.15) is 0 Å². The Bertz CT molecular complexity index is 806. The van der Waals surface area contributed by atoms with E-state index in [-0.39, 0.29) is 16.5 Å². The molecule has 1 atom stereocenters. The Hall–Kier alpha value is -2.25. The highest BCUT2D eigenvalue weighted by atomic mass is 32.1. The van der Waals surface area contributed by atoms with Crippen molar-refractivity contribution in [1.82, 2.24) is 4.90 Å². The number of likely N-dealkylation sites (tertiary alicyclic amines) is 1. The summed E-state index contributed by atoms with van der Waals surface area (Å²) in [5.74, 6) is 0.0797. The van der Waals surface area contributed by atoms with E-state index in [9.17, 15) is 14.9 Å².